The molecule has 0 aliphatic heterocycles. The zero-order chi connectivity index (χ0) is 12.3. The van der Waals surface area contributed by atoms with Gasteiger partial charge in [0.1, 0.15) is 5.82 Å². The Morgan fingerprint density at radius 3 is 2.65 bits per heavy atom. The molecule has 0 radical (unpaired) electrons. The van der Waals surface area contributed by atoms with E-state index in [1.807, 2.05) is 0 Å². The van der Waals surface area contributed by atoms with Crippen LogP contribution in [0.15, 0.2) is 12.1 Å². The van der Waals surface area contributed by atoms with Crippen LogP contribution in [0.1, 0.15) is 43.1 Å². The normalized spacial score (nSPS) is 17.2. The van der Waals surface area contributed by atoms with Crippen LogP contribution in [0, 0.1) is 5.41 Å². The van der Waals surface area contributed by atoms with Gasteiger partial charge in [-0.25, -0.2) is 0 Å². The first-order valence-corrected chi connectivity index (χ1v) is 6.03. The van der Waals surface area contributed by atoms with Crippen molar-refractivity contribution in [3.8, 4) is 0 Å². The van der Waals surface area contributed by atoms with E-state index < -0.39 is 5.91 Å². The highest BCUT2D eigenvalue weighted by Crippen LogP contribution is 2.43. The summed E-state index contributed by atoms with van der Waals surface area (Å²) in [5.74, 6) is 0.155. The van der Waals surface area contributed by atoms with Gasteiger partial charge in [0, 0.05) is 6.54 Å². The summed E-state index contributed by atoms with van der Waals surface area (Å²) in [6, 6.07) is 3.34. The van der Waals surface area contributed by atoms with Crippen molar-refractivity contribution in [3.63, 3.8) is 0 Å². The lowest BCUT2D eigenvalue weighted by Gasteiger charge is -2.41. The van der Waals surface area contributed by atoms with Crippen LogP contribution in [0.2, 0.25) is 0 Å². The molecule has 0 unspecified atom stereocenters. The highest BCUT2D eigenvalue weighted by Gasteiger charge is 2.34. The van der Waals surface area contributed by atoms with Gasteiger partial charge in [-0.1, -0.05) is 13.3 Å². The van der Waals surface area contributed by atoms with Crippen molar-refractivity contribution in [1.82, 2.24) is 10.2 Å². The highest BCUT2D eigenvalue weighted by atomic mass is 16.1. The number of amides is 1. The van der Waals surface area contributed by atoms with E-state index in [-0.39, 0.29) is 5.69 Å². The van der Waals surface area contributed by atoms with E-state index in [9.17, 15) is 4.79 Å². The number of carbonyl (C=O) groups excluding carboxylic acids is 1. The number of rotatable bonds is 5. The van der Waals surface area contributed by atoms with E-state index in [2.05, 4.69) is 22.4 Å². The fourth-order valence-corrected chi connectivity index (χ4v) is 2.17. The SMILES string of the molecule is CCC1(CNc2ccc(C(N)=O)nn2)CCC1. The molecule has 92 valence electrons. The molecular weight excluding hydrogens is 216 g/mol. The van der Waals surface area contributed by atoms with Crippen LogP contribution in [0.4, 0.5) is 5.82 Å². The van der Waals surface area contributed by atoms with Crippen molar-refractivity contribution in [3.05, 3.63) is 17.8 Å². The number of anilines is 1. The van der Waals surface area contributed by atoms with Crippen molar-refractivity contribution in [2.24, 2.45) is 11.1 Å². The van der Waals surface area contributed by atoms with Crippen molar-refractivity contribution in [2.45, 2.75) is 32.6 Å². The predicted octanol–water partition coefficient (Wildman–Crippen LogP) is 1.57. The highest BCUT2D eigenvalue weighted by molar-refractivity contribution is 5.90. The largest absolute Gasteiger partial charge is 0.368 e. The Morgan fingerprint density at radius 1 is 1.47 bits per heavy atom. The molecule has 1 aromatic rings. The molecule has 1 fully saturated rings. The number of hydrogen-bond donors (Lipinski definition) is 2. The second-order valence-electron chi connectivity index (χ2n) is 4.73. The number of aromatic nitrogens is 2. The third-order valence-electron chi connectivity index (χ3n) is 3.73. The van der Waals surface area contributed by atoms with Gasteiger partial charge in [0.15, 0.2) is 5.69 Å². The Labute approximate surface area is 101 Å². The summed E-state index contributed by atoms with van der Waals surface area (Å²) < 4.78 is 0. The molecule has 5 heteroatoms. The maximum absolute atomic E-state index is 10.8. The molecule has 0 saturated heterocycles. The fourth-order valence-electron chi connectivity index (χ4n) is 2.17. The molecule has 5 nitrogen and oxygen atoms in total. The summed E-state index contributed by atoms with van der Waals surface area (Å²) in [5.41, 5.74) is 5.73. The second kappa shape index (κ2) is 4.69. The monoisotopic (exact) mass is 234 g/mol. The number of nitrogens with two attached hydrogens (primary N) is 1. The maximum Gasteiger partial charge on any atom is 0.269 e. The number of carbonyl (C=O) groups is 1. The lowest BCUT2D eigenvalue weighted by atomic mass is 9.67. The Balaban J connectivity index is 1.93. The fraction of sp³-hybridized carbons (Fsp3) is 0.583. The third-order valence-corrected chi connectivity index (χ3v) is 3.73. The Hall–Kier alpha value is -1.65. The van der Waals surface area contributed by atoms with E-state index in [4.69, 9.17) is 5.73 Å². The quantitative estimate of drug-likeness (QED) is 0.810. The molecule has 0 spiro atoms. The number of primary amides is 1. The molecule has 17 heavy (non-hydrogen) atoms. The zero-order valence-corrected chi connectivity index (χ0v) is 10.1. The molecule has 3 N–H and O–H groups in total. The second-order valence-corrected chi connectivity index (χ2v) is 4.73. The van der Waals surface area contributed by atoms with Gasteiger partial charge in [-0.3, -0.25) is 4.79 Å². The summed E-state index contributed by atoms with van der Waals surface area (Å²) >= 11 is 0. The van der Waals surface area contributed by atoms with Gasteiger partial charge in [-0.05, 0) is 36.8 Å². The molecule has 1 amide bonds. The van der Waals surface area contributed by atoms with Crippen molar-refractivity contribution >= 4 is 11.7 Å². The van der Waals surface area contributed by atoms with Gasteiger partial charge in [0.2, 0.25) is 0 Å². The first-order chi connectivity index (χ1) is 8.15. The van der Waals surface area contributed by atoms with Crippen LogP contribution in [0.25, 0.3) is 0 Å². The van der Waals surface area contributed by atoms with E-state index in [1.165, 1.54) is 25.7 Å². The maximum atomic E-state index is 10.8. The van der Waals surface area contributed by atoms with E-state index in [0.29, 0.717) is 11.2 Å². The summed E-state index contributed by atoms with van der Waals surface area (Å²) in [7, 11) is 0. The molecule has 1 saturated carbocycles. The van der Waals surface area contributed by atoms with Crippen LogP contribution in [-0.4, -0.2) is 22.6 Å². The van der Waals surface area contributed by atoms with Gasteiger partial charge < -0.3 is 11.1 Å². The van der Waals surface area contributed by atoms with Crippen molar-refractivity contribution < 1.29 is 4.79 Å². The van der Waals surface area contributed by atoms with Crippen LogP contribution < -0.4 is 11.1 Å². The average molecular weight is 234 g/mol. The molecule has 1 heterocycles. The van der Waals surface area contributed by atoms with Crippen LogP contribution in [0.5, 0.6) is 0 Å². The molecular formula is C12H18N4O. The molecule has 1 aliphatic carbocycles. The molecule has 1 aromatic heterocycles. The number of hydrogen-bond acceptors (Lipinski definition) is 4. The van der Waals surface area contributed by atoms with Crippen molar-refractivity contribution in [1.29, 1.82) is 0 Å². The smallest absolute Gasteiger partial charge is 0.269 e. The van der Waals surface area contributed by atoms with Crippen molar-refractivity contribution in [2.75, 3.05) is 11.9 Å². The molecule has 2 rings (SSSR count). The molecule has 0 aromatic carbocycles. The van der Waals surface area contributed by atoms with Crippen LogP contribution in [0.3, 0.4) is 0 Å². The Kier molecular flexibility index (Phi) is 3.26. The summed E-state index contributed by atoms with van der Waals surface area (Å²) in [6.45, 7) is 3.15. The van der Waals surface area contributed by atoms with Gasteiger partial charge in [0.25, 0.3) is 5.91 Å². The minimum Gasteiger partial charge on any atom is -0.368 e. The van der Waals surface area contributed by atoms with Gasteiger partial charge >= 0.3 is 0 Å². The molecule has 1 aliphatic rings. The first-order valence-electron chi connectivity index (χ1n) is 6.03. The third kappa shape index (κ3) is 2.54. The Morgan fingerprint density at radius 2 is 2.24 bits per heavy atom. The average Bonchev–Trinajstić information content (AvgIpc) is 2.29. The summed E-state index contributed by atoms with van der Waals surface area (Å²) in [4.78, 5) is 10.8. The molecule has 0 bridgehead atoms. The zero-order valence-electron chi connectivity index (χ0n) is 10.1. The minimum absolute atomic E-state index is 0.199. The van der Waals surface area contributed by atoms with Gasteiger partial charge in [0.05, 0.1) is 0 Å². The number of nitrogens with one attached hydrogen (secondary N) is 1. The predicted molar refractivity (Wildman–Crippen MR) is 65.6 cm³/mol. The lowest BCUT2D eigenvalue weighted by molar-refractivity contribution is 0.0994. The number of nitrogens with zero attached hydrogens (tertiary/aromatic N) is 2. The van der Waals surface area contributed by atoms with E-state index in [1.54, 1.807) is 12.1 Å². The topological polar surface area (TPSA) is 80.9 Å². The molecule has 0 atom stereocenters. The minimum atomic E-state index is -0.548. The first kappa shape index (κ1) is 11.8. The summed E-state index contributed by atoms with van der Waals surface area (Å²) in [6.07, 6.45) is 5.07. The van der Waals surface area contributed by atoms with Gasteiger partial charge in [-0.2, -0.15) is 0 Å². The van der Waals surface area contributed by atoms with E-state index >= 15 is 0 Å². The standard InChI is InChI=1S/C12H18N4O/c1-2-12(6-3-7-12)8-14-10-5-4-9(11(13)17)15-16-10/h4-5H,2-3,6-8H2,1H3,(H2,13,17)(H,14,16). The van der Waals surface area contributed by atoms with Crippen LogP contribution >= 0.6 is 0 Å². The summed E-state index contributed by atoms with van der Waals surface area (Å²) in [5, 5.41) is 11.0. The van der Waals surface area contributed by atoms with Crippen LogP contribution in [-0.2, 0) is 0 Å². The van der Waals surface area contributed by atoms with Gasteiger partial charge in [-0.15, -0.1) is 10.2 Å². The lowest BCUT2D eigenvalue weighted by Crippen LogP contribution is -2.36. The Bertz CT molecular complexity index is 392. The van der Waals surface area contributed by atoms with E-state index in [0.717, 1.165) is 6.54 Å².